The summed E-state index contributed by atoms with van der Waals surface area (Å²) < 4.78 is 2.18. The molecule has 1 aliphatic heterocycles. The van der Waals surface area contributed by atoms with Gasteiger partial charge in [-0.1, -0.05) is 48.5 Å². The van der Waals surface area contributed by atoms with Gasteiger partial charge in [0.2, 0.25) is 0 Å². The number of imidazole rings is 1. The van der Waals surface area contributed by atoms with Crippen LogP contribution in [-0.4, -0.2) is 63.2 Å². The summed E-state index contributed by atoms with van der Waals surface area (Å²) in [5.41, 5.74) is 5.84. The van der Waals surface area contributed by atoms with Gasteiger partial charge in [-0.3, -0.25) is 9.30 Å². The van der Waals surface area contributed by atoms with Crippen molar-refractivity contribution < 1.29 is 0 Å². The van der Waals surface area contributed by atoms with E-state index in [1.807, 2.05) is 24.4 Å². The Morgan fingerprint density at radius 3 is 2.54 bits per heavy atom. The smallest absolute Gasteiger partial charge is 0.178 e. The second kappa shape index (κ2) is 9.18. The van der Waals surface area contributed by atoms with Gasteiger partial charge in [0.25, 0.3) is 0 Å². The minimum absolute atomic E-state index is 0.421. The number of pyridine rings is 1. The van der Waals surface area contributed by atoms with Gasteiger partial charge in [0.05, 0.1) is 11.2 Å². The molecule has 0 amide bonds. The molecule has 1 saturated carbocycles. The van der Waals surface area contributed by atoms with Gasteiger partial charge in [0.1, 0.15) is 17.0 Å². The molecule has 184 valence electrons. The molecule has 7 heteroatoms. The molecule has 7 nitrogen and oxygen atoms in total. The van der Waals surface area contributed by atoms with Gasteiger partial charge in [-0.25, -0.2) is 19.9 Å². The van der Waals surface area contributed by atoms with Crippen LogP contribution in [0.15, 0.2) is 78.0 Å². The quantitative estimate of drug-likeness (QED) is 0.350. The van der Waals surface area contributed by atoms with E-state index in [2.05, 4.69) is 73.8 Å². The Morgan fingerprint density at radius 2 is 1.73 bits per heavy atom. The van der Waals surface area contributed by atoms with Gasteiger partial charge < -0.3 is 5.32 Å². The minimum atomic E-state index is 0.421. The molecule has 3 aromatic heterocycles. The fourth-order valence-corrected chi connectivity index (χ4v) is 5.83. The number of nitrogens with one attached hydrogen (secondary N) is 1. The van der Waals surface area contributed by atoms with Crippen molar-refractivity contribution in [2.75, 3.05) is 26.2 Å². The Labute approximate surface area is 215 Å². The molecule has 1 N–H and O–H groups in total. The highest BCUT2D eigenvalue weighted by Gasteiger charge is 2.38. The second-order valence-corrected chi connectivity index (χ2v) is 10.0. The molecule has 1 aliphatic carbocycles. The van der Waals surface area contributed by atoms with Gasteiger partial charge in [0.15, 0.2) is 5.82 Å². The van der Waals surface area contributed by atoms with Gasteiger partial charge >= 0.3 is 0 Å². The summed E-state index contributed by atoms with van der Waals surface area (Å²) in [6, 6.07) is 21.5. The number of hydrogen-bond donors (Lipinski definition) is 1. The van der Waals surface area contributed by atoms with E-state index in [9.17, 15) is 0 Å². The van der Waals surface area contributed by atoms with Crippen molar-refractivity contribution >= 4 is 29.0 Å². The summed E-state index contributed by atoms with van der Waals surface area (Å²) in [5, 5.41) is 4.56. The molecule has 5 aromatic rings. The predicted octanol–water partition coefficient (Wildman–Crippen LogP) is 5.09. The van der Waals surface area contributed by atoms with Crippen molar-refractivity contribution in [1.82, 2.24) is 29.6 Å². The van der Waals surface area contributed by atoms with Crippen LogP contribution in [0.25, 0.3) is 38.9 Å². The van der Waals surface area contributed by atoms with Crippen molar-refractivity contribution in [3.63, 3.8) is 0 Å². The van der Waals surface area contributed by atoms with E-state index < -0.39 is 0 Å². The Bertz CT molecular complexity index is 1600. The molecular weight excluding hydrogens is 458 g/mol. The molecule has 7 rings (SSSR count). The minimum Gasteiger partial charge on any atom is -0.314 e. The molecule has 2 aliphatic rings. The first kappa shape index (κ1) is 22.3. The number of piperazine rings is 1. The van der Waals surface area contributed by atoms with Crippen LogP contribution in [0.1, 0.15) is 24.6 Å². The lowest BCUT2D eigenvalue weighted by atomic mass is 9.78. The number of hydrogen-bond acceptors (Lipinski definition) is 6. The van der Waals surface area contributed by atoms with Crippen LogP contribution in [0.5, 0.6) is 0 Å². The highest BCUT2D eigenvalue weighted by Crippen LogP contribution is 2.42. The molecule has 1 saturated heterocycles. The summed E-state index contributed by atoms with van der Waals surface area (Å²) >= 11 is 0. The van der Waals surface area contributed by atoms with Gasteiger partial charge in [-0.05, 0) is 31.7 Å². The predicted molar refractivity (Wildman–Crippen MR) is 149 cm³/mol. The molecule has 0 unspecified atom stereocenters. The maximum absolute atomic E-state index is 5.23. The third-order valence-corrected chi connectivity index (χ3v) is 7.89. The molecule has 0 atom stereocenters. The first-order valence-corrected chi connectivity index (χ1v) is 13.0. The SMILES string of the molecule is C=Nc1nccn2c(C3CC(N4CCNCC4)C3)nc(-c3ccc4ccc(-c5ccccc5)nc4c3)c12. The normalized spacial score (nSPS) is 20.2. The summed E-state index contributed by atoms with van der Waals surface area (Å²) in [4.78, 5) is 21.6. The largest absolute Gasteiger partial charge is 0.314 e. The zero-order valence-electron chi connectivity index (χ0n) is 20.7. The van der Waals surface area contributed by atoms with Gasteiger partial charge in [-0.2, -0.15) is 0 Å². The summed E-state index contributed by atoms with van der Waals surface area (Å²) in [6.45, 7) is 8.23. The average molecular weight is 488 g/mol. The first-order valence-electron chi connectivity index (χ1n) is 13.0. The third-order valence-electron chi connectivity index (χ3n) is 7.89. The summed E-state index contributed by atoms with van der Waals surface area (Å²) in [6.07, 6.45) is 6.09. The van der Waals surface area contributed by atoms with E-state index in [1.165, 1.54) is 0 Å². The molecule has 0 spiro atoms. The van der Waals surface area contributed by atoms with Crippen LogP contribution in [0.2, 0.25) is 0 Å². The van der Waals surface area contributed by atoms with E-state index in [1.54, 1.807) is 6.20 Å². The first-order chi connectivity index (χ1) is 18.3. The van der Waals surface area contributed by atoms with Crippen LogP contribution in [-0.2, 0) is 0 Å². The monoisotopic (exact) mass is 487 g/mol. The van der Waals surface area contributed by atoms with Crippen molar-refractivity contribution in [3.05, 3.63) is 78.9 Å². The number of aliphatic imine (C=N–C) groups is 1. The van der Waals surface area contributed by atoms with Gasteiger partial charge in [-0.15, -0.1) is 0 Å². The summed E-state index contributed by atoms with van der Waals surface area (Å²) in [7, 11) is 0. The van der Waals surface area contributed by atoms with Crippen LogP contribution in [0, 0.1) is 0 Å². The number of rotatable bonds is 5. The highest BCUT2D eigenvalue weighted by atomic mass is 15.2. The lowest BCUT2D eigenvalue weighted by Gasteiger charge is -2.44. The van der Waals surface area contributed by atoms with Crippen LogP contribution in [0.3, 0.4) is 0 Å². The Morgan fingerprint density at radius 1 is 0.919 bits per heavy atom. The Kier molecular flexibility index (Phi) is 5.52. The Hall–Kier alpha value is -3.94. The van der Waals surface area contributed by atoms with Crippen molar-refractivity contribution in [1.29, 1.82) is 0 Å². The fraction of sp³-hybridized carbons (Fsp3) is 0.267. The fourth-order valence-electron chi connectivity index (χ4n) is 5.83. The van der Waals surface area contributed by atoms with Crippen LogP contribution < -0.4 is 5.32 Å². The van der Waals surface area contributed by atoms with Crippen LogP contribution in [0.4, 0.5) is 5.82 Å². The molecule has 0 bridgehead atoms. The standard InChI is InChI=1S/C30H29N7/c1-31-29-28-27(22-8-7-21-9-10-25(34-26(21)19-22)20-5-3-2-4-6-20)35-30(37(28)16-13-33-29)23-17-24(18-23)36-14-11-32-12-15-36/h2-10,13,16,19,23-24,32H,1,11-12,14-15,17-18H2. The number of aromatic nitrogens is 4. The zero-order valence-corrected chi connectivity index (χ0v) is 20.7. The lowest BCUT2D eigenvalue weighted by molar-refractivity contribution is 0.0928. The topological polar surface area (TPSA) is 70.7 Å². The van der Waals surface area contributed by atoms with E-state index in [0.29, 0.717) is 17.8 Å². The molecule has 37 heavy (non-hydrogen) atoms. The maximum atomic E-state index is 5.23. The lowest BCUT2D eigenvalue weighted by Crippen LogP contribution is -2.52. The van der Waals surface area contributed by atoms with Crippen LogP contribution >= 0.6 is 0 Å². The van der Waals surface area contributed by atoms with E-state index in [4.69, 9.17) is 9.97 Å². The molecule has 0 radical (unpaired) electrons. The highest BCUT2D eigenvalue weighted by molar-refractivity contribution is 5.91. The van der Waals surface area contributed by atoms with E-state index in [0.717, 1.165) is 83.8 Å². The third kappa shape index (κ3) is 3.91. The molecule has 2 fully saturated rings. The second-order valence-electron chi connectivity index (χ2n) is 10.0. The molecule has 2 aromatic carbocycles. The zero-order chi connectivity index (χ0) is 24.8. The number of fused-ring (bicyclic) bond motifs is 2. The van der Waals surface area contributed by atoms with E-state index in [-0.39, 0.29) is 0 Å². The average Bonchev–Trinajstić information content (AvgIpc) is 3.32. The van der Waals surface area contributed by atoms with E-state index >= 15 is 0 Å². The molecule has 4 heterocycles. The van der Waals surface area contributed by atoms with Crippen molar-refractivity contribution in [2.45, 2.75) is 24.8 Å². The maximum Gasteiger partial charge on any atom is 0.178 e. The van der Waals surface area contributed by atoms with Gasteiger partial charge in [0, 0.05) is 67.0 Å². The van der Waals surface area contributed by atoms with Crippen molar-refractivity contribution in [2.24, 2.45) is 4.99 Å². The van der Waals surface area contributed by atoms with Crippen molar-refractivity contribution in [3.8, 4) is 22.5 Å². The summed E-state index contributed by atoms with van der Waals surface area (Å²) in [5.74, 6) is 2.12. The number of nitrogens with zero attached hydrogens (tertiary/aromatic N) is 6. The Balaban J connectivity index is 1.29. The molecular formula is C30H29N7. The number of benzene rings is 2.